The number of halogens is 1. The van der Waals surface area contributed by atoms with Crippen molar-refractivity contribution in [3.8, 4) is 0 Å². The highest BCUT2D eigenvalue weighted by Gasteiger charge is 2.01. The Kier molecular flexibility index (Phi) is 2.93. The fourth-order valence-corrected chi connectivity index (χ4v) is 1.71. The highest BCUT2D eigenvalue weighted by molar-refractivity contribution is 9.10. The molecule has 0 aliphatic rings. The van der Waals surface area contributed by atoms with Crippen molar-refractivity contribution in [2.24, 2.45) is 0 Å². The van der Waals surface area contributed by atoms with E-state index in [1.165, 1.54) is 5.56 Å². The van der Waals surface area contributed by atoms with Crippen LogP contribution in [0.25, 0.3) is 0 Å². The Morgan fingerprint density at radius 1 is 1.36 bits per heavy atom. The van der Waals surface area contributed by atoms with Crippen LogP contribution in [0.5, 0.6) is 0 Å². The molecule has 2 aromatic heterocycles. The van der Waals surface area contributed by atoms with E-state index in [-0.39, 0.29) is 0 Å². The Morgan fingerprint density at radius 3 is 2.93 bits per heavy atom. The molecule has 0 aliphatic carbocycles. The Balaban J connectivity index is 1.99. The minimum Gasteiger partial charge on any atom is -0.348 e. The number of nitrogens with one attached hydrogen (secondary N) is 1. The lowest BCUT2D eigenvalue weighted by atomic mass is 10.1. The molecule has 1 N–H and O–H groups in total. The van der Waals surface area contributed by atoms with Crippen LogP contribution in [0.3, 0.4) is 0 Å². The maximum absolute atomic E-state index is 4.07. The van der Waals surface area contributed by atoms with Gasteiger partial charge in [0.15, 0.2) is 0 Å². The van der Waals surface area contributed by atoms with Gasteiger partial charge in [-0.1, -0.05) is 6.07 Å². The van der Waals surface area contributed by atoms with Gasteiger partial charge < -0.3 is 4.98 Å². The zero-order chi connectivity index (χ0) is 9.80. The molecule has 14 heavy (non-hydrogen) atoms. The Hall–Kier alpha value is -1.16. The highest BCUT2D eigenvalue weighted by Crippen LogP contribution is 2.13. The zero-order valence-corrected chi connectivity index (χ0v) is 9.16. The lowest BCUT2D eigenvalue weighted by Gasteiger charge is -1.98. The monoisotopic (exact) mass is 251 g/mol. The van der Waals surface area contributed by atoms with Crippen LogP contribution in [-0.2, 0) is 12.8 Å². The maximum atomic E-state index is 4.07. The van der Waals surface area contributed by atoms with Gasteiger partial charge in [-0.25, -0.2) is 4.98 Å². The summed E-state index contributed by atoms with van der Waals surface area (Å²) in [5.74, 6) is 0. The smallest absolute Gasteiger partial charge is 0.127 e. The SMILES string of the molecule is Brc1nc[nH]c1CCc1cccnc1. The molecule has 0 amide bonds. The van der Waals surface area contributed by atoms with Crippen molar-refractivity contribution in [2.45, 2.75) is 12.8 Å². The molecule has 0 bridgehead atoms. The van der Waals surface area contributed by atoms with Crippen LogP contribution < -0.4 is 0 Å². The number of aromatic nitrogens is 3. The second-order valence-electron chi connectivity index (χ2n) is 3.03. The summed E-state index contributed by atoms with van der Waals surface area (Å²) in [6.45, 7) is 0. The largest absolute Gasteiger partial charge is 0.348 e. The standard InChI is InChI=1S/C10H10BrN3/c11-10-9(13-7-14-10)4-3-8-2-1-5-12-6-8/h1-2,5-7H,3-4H2,(H,13,14). The summed E-state index contributed by atoms with van der Waals surface area (Å²) in [6, 6.07) is 4.04. The third kappa shape index (κ3) is 2.20. The van der Waals surface area contributed by atoms with Gasteiger partial charge in [0.25, 0.3) is 0 Å². The molecule has 72 valence electrons. The van der Waals surface area contributed by atoms with Gasteiger partial charge in [-0.3, -0.25) is 4.98 Å². The van der Waals surface area contributed by atoms with Crippen molar-refractivity contribution in [2.75, 3.05) is 0 Å². The van der Waals surface area contributed by atoms with Crippen molar-refractivity contribution in [1.29, 1.82) is 0 Å². The minimum atomic E-state index is 0.904. The Labute approximate surface area is 90.7 Å². The van der Waals surface area contributed by atoms with Crippen molar-refractivity contribution < 1.29 is 0 Å². The van der Waals surface area contributed by atoms with Crippen LogP contribution in [0.1, 0.15) is 11.3 Å². The van der Waals surface area contributed by atoms with E-state index in [9.17, 15) is 0 Å². The molecule has 3 nitrogen and oxygen atoms in total. The summed E-state index contributed by atoms with van der Waals surface area (Å²) >= 11 is 3.38. The van der Waals surface area contributed by atoms with E-state index in [1.807, 2.05) is 12.3 Å². The lowest BCUT2D eigenvalue weighted by molar-refractivity contribution is 0.912. The highest BCUT2D eigenvalue weighted by atomic mass is 79.9. The fourth-order valence-electron chi connectivity index (χ4n) is 1.29. The first-order valence-electron chi connectivity index (χ1n) is 4.43. The van der Waals surface area contributed by atoms with Crippen molar-refractivity contribution in [1.82, 2.24) is 15.0 Å². The van der Waals surface area contributed by atoms with Gasteiger partial charge in [-0.15, -0.1) is 0 Å². The van der Waals surface area contributed by atoms with Gasteiger partial charge in [0, 0.05) is 18.1 Å². The first-order valence-corrected chi connectivity index (χ1v) is 5.22. The average Bonchev–Trinajstić information content (AvgIpc) is 2.63. The molecule has 0 radical (unpaired) electrons. The van der Waals surface area contributed by atoms with E-state index in [2.05, 4.69) is 36.9 Å². The minimum absolute atomic E-state index is 0.904. The number of H-pyrrole nitrogens is 1. The summed E-state index contributed by atoms with van der Waals surface area (Å²) in [5.41, 5.74) is 2.38. The van der Waals surface area contributed by atoms with Gasteiger partial charge >= 0.3 is 0 Å². The van der Waals surface area contributed by atoms with E-state index >= 15 is 0 Å². The first-order chi connectivity index (χ1) is 6.86. The van der Waals surface area contributed by atoms with Crippen LogP contribution in [0.4, 0.5) is 0 Å². The summed E-state index contributed by atoms with van der Waals surface area (Å²) in [6.07, 6.45) is 7.31. The van der Waals surface area contributed by atoms with Gasteiger partial charge in [0.1, 0.15) is 4.60 Å². The summed E-state index contributed by atoms with van der Waals surface area (Å²) < 4.78 is 0.904. The quantitative estimate of drug-likeness (QED) is 0.910. The molecule has 0 saturated carbocycles. The predicted molar refractivity (Wildman–Crippen MR) is 57.9 cm³/mol. The van der Waals surface area contributed by atoms with Gasteiger partial charge in [-0.05, 0) is 40.4 Å². The summed E-state index contributed by atoms with van der Waals surface area (Å²) in [5, 5.41) is 0. The van der Waals surface area contributed by atoms with Crippen LogP contribution in [0.15, 0.2) is 35.5 Å². The van der Waals surface area contributed by atoms with Gasteiger partial charge in [0.2, 0.25) is 0 Å². The van der Waals surface area contributed by atoms with E-state index < -0.39 is 0 Å². The molecular weight excluding hydrogens is 242 g/mol. The number of hydrogen-bond donors (Lipinski definition) is 1. The number of hydrogen-bond acceptors (Lipinski definition) is 2. The molecule has 4 heteroatoms. The van der Waals surface area contributed by atoms with Crippen LogP contribution >= 0.6 is 15.9 Å². The molecule has 0 fully saturated rings. The Morgan fingerprint density at radius 2 is 2.29 bits per heavy atom. The molecule has 0 spiro atoms. The third-order valence-electron chi connectivity index (χ3n) is 2.05. The number of rotatable bonds is 3. The lowest BCUT2D eigenvalue weighted by Crippen LogP contribution is -1.92. The van der Waals surface area contributed by atoms with Crippen LogP contribution in [0, 0.1) is 0 Å². The normalized spacial score (nSPS) is 10.4. The number of imidazole rings is 1. The average molecular weight is 252 g/mol. The fraction of sp³-hybridized carbons (Fsp3) is 0.200. The van der Waals surface area contributed by atoms with Crippen molar-refractivity contribution >= 4 is 15.9 Å². The first kappa shape index (κ1) is 9.40. The molecule has 0 atom stereocenters. The third-order valence-corrected chi connectivity index (χ3v) is 2.74. The van der Waals surface area contributed by atoms with Gasteiger partial charge in [0.05, 0.1) is 6.33 Å². The molecule has 2 aromatic rings. The number of aromatic amines is 1. The predicted octanol–water partition coefficient (Wildman–Crippen LogP) is 2.35. The zero-order valence-electron chi connectivity index (χ0n) is 7.57. The molecule has 2 heterocycles. The molecule has 0 unspecified atom stereocenters. The van der Waals surface area contributed by atoms with E-state index in [4.69, 9.17) is 0 Å². The van der Waals surface area contributed by atoms with Crippen molar-refractivity contribution in [3.63, 3.8) is 0 Å². The molecule has 0 saturated heterocycles. The molecular formula is C10H10BrN3. The summed E-state index contributed by atoms with van der Waals surface area (Å²) in [7, 11) is 0. The second kappa shape index (κ2) is 4.37. The molecule has 0 aliphatic heterocycles. The van der Waals surface area contributed by atoms with Crippen LogP contribution in [0.2, 0.25) is 0 Å². The van der Waals surface area contributed by atoms with Gasteiger partial charge in [-0.2, -0.15) is 0 Å². The molecule has 0 aromatic carbocycles. The number of pyridine rings is 1. The summed E-state index contributed by atoms with van der Waals surface area (Å²) in [4.78, 5) is 11.2. The van der Waals surface area contributed by atoms with E-state index in [1.54, 1.807) is 12.5 Å². The molecule has 2 rings (SSSR count). The second-order valence-corrected chi connectivity index (χ2v) is 3.78. The van der Waals surface area contributed by atoms with E-state index in [0.717, 1.165) is 23.1 Å². The number of aryl methyl sites for hydroxylation is 2. The maximum Gasteiger partial charge on any atom is 0.127 e. The topological polar surface area (TPSA) is 41.6 Å². The Bertz CT molecular complexity index is 397. The van der Waals surface area contributed by atoms with E-state index in [0.29, 0.717) is 0 Å². The van der Waals surface area contributed by atoms with Crippen LogP contribution in [-0.4, -0.2) is 15.0 Å². The number of nitrogens with zero attached hydrogens (tertiary/aromatic N) is 2. The van der Waals surface area contributed by atoms with Crippen molar-refractivity contribution in [3.05, 3.63) is 46.7 Å².